The van der Waals surface area contributed by atoms with Gasteiger partial charge < -0.3 is 0 Å². The third-order valence-corrected chi connectivity index (χ3v) is 3.16. The monoisotopic (exact) mass is 217 g/mol. The van der Waals surface area contributed by atoms with Crippen molar-refractivity contribution in [2.24, 2.45) is 0 Å². The van der Waals surface area contributed by atoms with Gasteiger partial charge in [-0.3, -0.25) is 0 Å². The lowest BCUT2D eigenvalue weighted by atomic mass is 10.4. The van der Waals surface area contributed by atoms with E-state index in [-0.39, 0.29) is 4.90 Å². The standard InChI is InChI=1S/C8H11NO2S2/c10-13(11,9-6-7-12)8-4-2-1-3-5-8/h1-5,9,12H,6-7H2. The lowest BCUT2D eigenvalue weighted by molar-refractivity contribution is 0.584. The molecular weight excluding hydrogens is 206 g/mol. The van der Waals surface area contributed by atoms with Crippen molar-refractivity contribution in [2.45, 2.75) is 4.90 Å². The third kappa shape index (κ3) is 3.02. The molecule has 5 heteroatoms. The fourth-order valence-electron chi connectivity index (χ4n) is 0.863. The summed E-state index contributed by atoms with van der Waals surface area (Å²) in [5.74, 6) is 0.492. The number of hydrogen-bond donors (Lipinski definition) is 2. The van der Waals surface area contributed by atoms with Gasteiger partial charge in [0.25, 0.3) is 0 Å². The highest BCUT2D eigenvalue weighted by molar-refractivity contribution is 7.89. The van der Waals surface area contributed by atoms with Crippen LogP contribution < -0.4 is 4.72 Å². The fourth-order valence-corrected chi connectivity index (χ4v) is 2.18. The van der Waals surface area contributed by atoms with Gasteiger partial charge in [0.2, 0.25) is 10.0 Å². The molecule has 0 bridgehead atoms. The Balaban J connectivity index is 2.83. The molecule has 1 rings (SSSR count). The second kappa shape index (κ2) is 4.64. The van der Waals surface area contributed by atoms with Gasteiger partial charge in [-0.25, -0.2) is 13.1 Å². The minimum absolute atomic E-state index is 0.289. The maximum absolute atomic E-state index is 11.4. The first kappa shape index (κ1) is 10.6. The zero-order valence-corrected chi connectivity index (χ0v) is 8.68. The average Bonchev–Trinajstić information content (AvgIpc) is 2.16. The van der Waals surface area contributed by atoms with E-state index in [9.17, 15) is 8.42 Å². The highest BCUT2D eigenvalue weighted by Crippen LogP contribution is 2.06. The molecule has 0 atom stereocenters. The zero-order chi connectivity index (χ0) is 9.73. The molecule has 1 aromatic rings. The molecule has 1 aromatic carbocycles. The number of rotatable bonds is 4. The molecule has 0 heterocycles. The Labute approximate surface area is 83.6 Å². The highest BCUT2D eigenvalue weighted by Gasteiger charge is 2.10. The van der Waals surface area contributed by atoms with Crippen LogP contribution in [0.3, 0.4) is 0 Å². The normalized spacial score (nSPS) is 11.5. The van der Waals surface area contributed by atoms with Crippen LogP contribution in [0, 0.1) is 0 Å². The summed E-state index contributed by atoms with van der Waals surface area (Å²) in [6.07, 6.45) is 0. The Kier molecular flexibility index (Phi) is 3.77. The first-order valence-corrected chi connectivity index (χ1v) is 5.94. The highest BCUT2D eigenvalue weighted by atomic mass is 32.2. The summed E-state index contributed by atoms with van der Waals surface area (Å²) in [5.41, 5.74) is 0. The molecule has 0 unspecified atom stereocenters. The quantitative estimate of drug-likeness (QED) is 0.736. The second-order valence-corrected chi connectivity index (χ2v) is 4.65. The van der Waals surface area contributed by atoms with Crippen LogP contribution in [-0.2, 0) is 10.0 Å². The molecule has 0 aliphatic heterocycles. The molecular formula is C8H11NO2S2. The van der Waals surface area contributed by atoms with Crippen molar-refractivity contribution in [3.8, 4) is 0 Å². The lowest BCUT2D eigenvalue weighted by Crippen LogP contribution is -2.25. The van der Waals surface area contributed by atoms with Crippen molar-refractivity contribution in [3.63, 3.8) is 0 Å². The molecule has 0 saturated carbocycles. The number of nitrogens with one attached hydrogen (secondary N) is 1. The van der Waals surface area contributed by atoms with E-state index in [1.807, 2.05) is 0 Å². The largest absolute Gasteiger partial charge is 0.240 e. The van der Waals surface area contributed by atoms with Gasteiger partial charge in [0.05, 0.1) is 4.90 Å². The van der Waals surface area contributed by atoms with E-state index < -0.39 is 10.0 Å². The molecule has 1 N–H and O–H groups in total. The summed E-state index contributed by atoms with van der Waals surface area (Å²) in [6, 6.07) is 8.27. The fraction of sp³-hybridized carbons (Fsp3) is 0.250. The minimum Gasteiger partial charge on any atom is -0.210 e. The van der Waals surface area contributed by atoms with Gasteiger partial charge in [-0.15, -0.1) is 0 Å². The van der Waals surface area contributed by atoms with E-state index in [1.165, 1.54) is 0 Å². The summed E-state index contributed by atoms with van der Waals surface area (Å²) < 4.78 is 25.3. The first-order valence-electron chi connectivity index (χ1n) is 3.82. The van der Waals surface area contributed by atoms with Crippen LogP contribution in [0.15, 0.2) is 35.2 Å². The van der Waals surface area contributed by atoms with Crippen LogP contribution in [-0.4, -0.2) is 20.7 Å². The van der Waals surface area contributed by atoms with Crippen molar-refractivity contribution < 1.29 is 8.42 Å². The third-order valence-electron chi connectivity index (χ3n) is 1.46. The second-order valence-electron chi connectivity index (χ2n) is 2.43. The molecule has 13 heavy (non-hydrogen) atoms. The van der Waals surface area contributed by atoms with Gasteiger partial charge in [-0.1, -0.05) is 18.2 Å². The van der Waals surface area contributed by atoms with E-state index in [2.05, 4.69) is 17.4 Å². The van der Waals surface area contributed by atoms with E-state index >= 15 is 0 Å². The Bertz CT molecular complexity index is 348. The van der Waals surface area contributed by atoms with Crippen LogP contribution in [0.25, 0.3) is 0 Å². The molecule has 0 saturated heterocycles. The Hall–Kier alpha value is -0.520. The smallest absolute Gasteiger partial charge is 0.210 e. The van der Waals surface area contributed by atoms with E-state index in [0.717, 1.165) is 0 Å². The number of sulfonamides is 1. The maximum atomic E-state index is 11.4. The van der Waals surface area contributed by atoms with Crippen LogP contribution in [0.2, 0.25) is 0 Å². The van der Waals surface area contributed by atoms with E-state index in [4.69, 9.17) is 0 Å². The molecule has 0 aliphatic carbocycles. The Morgan fingerprint density at radius 1 is 1.23 bits per heavy atom. The van der Waals surface area contributed by atoms with E-state index in [0.29, 0.717) is 12.3 Å². The number of thiol groups is 1. The maximum Gasteiger partial charge on any atom is 0.240 e. The Morgan fingerprint density at radius 3 is 2.38 bits per heavy atom. The summed E-state index contributed by atoms with van der Waals surface area (Å²) in [7, 11) is -3.32. The van der Waals surface area contributed by atoms with Crippen molar-refractivity contribution in [2.75, 3.05) is 12.3 Å². The summed E-state index contributed by atoms with van der Waals surface area (Å²) >= 11 is 3.92. The van der Waals surface area contributed by atoms with Gasteiger partial charge in [0.15, 0.2) is 0 Å². The van der Waals surface area contributed by atoms with Gasteiger partial charge in [-0.05, 0) is 12.1 Å². The Morgan fingerprint density at radius 2 is 1.85 bits per heavy atom. The predicted octanol–water partition coefficient (Wildman–Crippen LogP) is 0.895. The molecule has 0 fully saturated rings. The predicted molar refractivity (Wildman–Crippen MR) is 55.5 cm³/mol. The SMILES string of the molecule is O=S(=O)(NCCS)c1ccccc1. The zero-order valence-electron chi connectivity index (χ0n) is 6.97. The van der Waals surface area contributed by atoms with Crippen molar-refractivity contribution in [1.29, 1.82) is 0 Å². The molecule has 3 nitrogen and oxygen atoms in total. The summed E-state index contributed by atoms with van der Waals surface area (Å²) in [6.45, 7) is 0.348. The van der Waals surface area contributed by atoms with Crippen LogP contribution in [0.4, 0.5) is 0 Å². The first-order chi connectivity index (χ1) is 6.17. The van der Waals surface area contributed by atoms with Crippen molar-refractivity contribution in [3.05, 3.63) is 30.3 Å². The van der Waals surface area contributed by atoms with Crippen LogP contribution in [0.5, 0.6) is 0 Å². The van der Waals surface area contributed by atoms with Gasteiger partial charge in [-0.2, -0.15) is 12.6 Å². The summed E-state index contributed by atoms with van der Waals surface area (Å²) in [4.78, 5) is 0.289. The molecule has 0 aliphatic rings. The molecule has 0 aromatic heterocycles. The molecule has 0 radical (unpaired) electrons. The van der Waals surface area contributed by atoms with Gasteiger partial charge in [0, 0.05) is 12.3 Å². The lowest BCUT2D eigenvalue weighted by Gasteiger charge is -2.03. The van der Waals surface area contributed by atoms with E-state index in [1.54, 1.807) is 30.3 Å². The topological polar surface area (TPSA) is 46.2 Å². The van der Waals surface area contributed by atoms with Gasteiger partial charge >= 0.3 is 0 Å². The average molecular weight is 217 g/mol. The minimum atomic E-state index is -3.32. The van der Waals surface area contributed by atoms with Gasteiger partial charge in [0.1, 0.15) is 0 Å². The van der Waals surface area contributed by atoms with Crippen molar-refractivity contribution in [1.82, 2.24) is 4.72 Å². The van der Waals surface area contributed by atoms with Crippen LogP contribution >= 0.6 is 12.6 Å². The summed E-state index contributed by atoms with van der Waals surface area (Å²) in [5, 5.41) is 0. The number of hydrogen-bond acceptors (Lipinski definition) is 3. The molecule has 0 amide bonds. The number of benzene rings is 1. The molecule has 0 spiro atoms. The van der Waals surface area contributed by atoms with Crippen LogP contribution in [0.1, 0.15) is 0 Å². The van der Waals surface area contributed by atoms with Crippen molar-refractivity contribution >= 4 is 22.7 Å². The molecule has 72 valence electrons.